The second-order valence-corrected chi connectivity index (χ2v) is 5.52. The number of amides is 1. The van der Waals surface area contributed by atoms with Gasteiger partial charge in [-0.2, -0.15) is 0 Å². The van der Waals surface area contributed by atoms with E-state index in [2.05, 4.69) is 12.2 Å². The number of nitrogens with one attached hydrogen (secondary N) is 1. The number of hydrogen-bond acceptors (Lipinski definition) is 3. The number of rotatable bonds is 6. The maximum absolute atomic E-state index is 12.0. The van der Waals surface area contributed by atoms with E-state index in [4.69, 9.17) is 10.5 Å². The molecule has 1 amide bonds. The van der Waals surface area contributed by atoms with Crippen LogP contribution in [0.5, 0.6) is 5.75 Å². The van der Waals surface area contributed by atoms with E-state index in [0.717, 1.165) is 30.6 Å². The first-order valence-corrected chi connectivity index (χ1v) is 7.42. The Labute approximate surface area is 120 Å². The molecular formula is C16H24N2O2. The molecular weight excluding hydrogens is 252 g/mol. The predicted octanol–water partition coefficient (Wildman–Crippen LogP) is 2.39. The summed E-state index contributed by atoms with van der Waals surface area (Å²) in [7, 11) is 0. The molecule has 0 fully saturated rings. The van der Waals surface area contributed by atoms with Gasteiger partial charge in [-0.15, -0.1) is 0 Å². The summed E-state index contributed by atoms with van der Waals surface area (Å²) in [6.07, 6.45) is 3.28. The van der Waals surface area contributed by atoms with Crippen LogP contribution in [0, 0.1) is 5.92 Å². The van der Waals surface area contributed by atoms with Crippen molar-refractivity contribution in [2.75, 3.05) is 13.2 Å². The average molecular weight is 276 g/mol. The molecule has 3 N–H and O–H groups in total. The first-order valence-electron chi connectivity index (χ1n) is 7.42. The quantitative estimate of drug-likeness (QED) is 0.838. The van der Waals surface area contributed by atoms with Crippen molar-refractivity contribution in [2.45, 2.75) is 38.6 Å². The van der Waals surface area contributed by atoms with E-state index in [1.54, 1.807) is 0 Å². The van der Waals surface area contributed by atoms with Gasteiger partial charge < -0.3 is 15.8 Å². The molecule has 4 nitrogen and oxygen atoms in total. The largest absolute Gasteiger partial charge is 0.493 e. The third-order valence-electron chi connectivity index (χ3n) is 3.82. The van der Waals surface area contributed by atoms with Gasteiger partial charge in [-0.1, -0.05) is 25.1 Å². The van der Waals surface area contributed by atoms with Gasteiger partial charge in [0.15, 0.2) is 0 Å². The van der Waals surface area contributed by atoms with E-state index in [1.807, 2.05) is 24.3 Å². The summed E-state index contributed by atoms with van der Waals surface area (Å²) >= 11 is 0. The van der Waals surface area contributed by atoms with E-state index in [1.165, 1.54) is 0 Å². The lowest BCUT2D eigenvalue weighted by Gasteiger charge is -2.26. The molecule has 1 heterocycles. The fraction of sp³-hybridized carbons (Fsp3) is 0.562. The zero-order chi connectivity index (χ0) is 14.4. The van der Waals surface area contributed by atoms with Crippen molar-refractivity contribution in [3.8, 4) is 5.75 Å². The van der Waals surface area contributed by atoms with Crippen LogP contribution in [0.25, 0.3) is 0 Å². The Morgan fingerprint density at radius 3 is 3.05 bits per heavy atom. The van der Waals surface area contributed by atoms with Crippen LogP contribution in [0.3, 0.4) is 0 Å². The van der Waals surface area contributed by atoms with Crippen molar-refractivity contribution >= 4 is 5.91 Å². The van der Waals surface area contributed by atoms with Gasteiger partial charge in [-0.3, -0.25) is 4.79 Å². The van der Waals surface area contributed by atoms with E-state index in [0.29, 0.717) is 25.5 Å². The van der Waals surface area contributed by atoms with E-state index in [9.17, 15) is 4.79 Å². The molecule has 4 heteroatoms. The Balaban J connectivity index is 1.86. The fourth-order valence-corrected chi connectivity index (χ4v) is 2.56. The number of carbonyl (C=O) groups is 1. The highest BCUT2D eigenvalue weighted by molar-refractivity contribution is 5.76. The Hall–Kier alpha value is -1.55. The zero-order valence-electron chi connectivity index (χ0n) is 12.1. The normalized spacial score (nSPS) is 18.8. The van der Waals surface area contributed by atoms with E-state index >= 15 is 0 Å². The summed E-state index contributed by atoms with van der Waals surface area (Å²) in [4.78, 5) is 12.0. The van der Waals surface area contributed by atoms with E-state index in [-0.39, 0.29) is 11.9 Å². The summed E-state index contributed by atoms with van der Waals surface area (Å²) < 4.78 is 5.60. The molecule has 0 saturated carbocycles. The molecule has 1 aromatic carbocycles. The zero-order valence-corrected chi connectivity index (χ0v) is 12.1. The van der Waals surface area contributed by atoms with Crippen molar-refractivity contribution in [1.82, 2.24) is 5.32 Å². The van der Waals surface area contributed by atoms with Gasteiger partial charge in [0.1, 0.15) is 5.75 Å². The Morgan fingerprint density at radius 1 is 1.45 bits per heavy atom. The molecule has 2 atom stereocenters. The average Bonchev–Trinajstić information content (AvgIpc) is 2.46. The lowest BCUT2D eigenvalue weighted by molar-refractivity contribution is -0.122. The predicted molar refractivity (Wildman–Crippen MR) is 79.5 cm³/mol. The fourth-order valence-electron chi connectivity index (χ4n) is 2.56. The summed E-state index contributed by atoms with van der Waals surface area (Å²) in [5.74, 6) is 1.52. The molecule has 0 bridgehead atoms. The number of benzene rings is 1. The minimum atomic E-state index is 0.0808. The molecule has 0 spiro atoms. The number of hydrogen-bond donors (Lipinski definition) is 2. The van der Waals surface area contributed by atoms with Gasteiger partial charge in [0.2, 0.25) is 5.91 Å². The molecule has 0 aliphatic carbocycles. The maximum atomic E-state index is 12.0. The highest BCUT2D eigenvalue weighted by Gasteiger charge is 2.22. The summed E-state index contributed by atoms with van der Waals surface area (Å²) in [5.41, 5.74) is 6.61. The third-order valence-corrected chi connectivity index (χ3v) is 3.82. The molecule has 110 valence electrons. The van der Waals surface area contributed by atoms with Crippen LogP contribution in [0.2, 0.25) is 0 Å². The topological polar surface area (TPSA) is 64.4 Å². The molecule has 1 aliphatic rings. The second-order valence-electron chi connectivity index (χ2n) is 5.52. The van der Waals surface area contributed by atoms with Crippen LogP contribution < -0.4 is 15.8 Å². The summed E-state index contributed by atoms with van der Waals surface area (Å²) in [5, 5.41) is 3.12. The third kappa shape index (κ3) is 3.97. The van der Waals surface area contributed by atoms with Crippen molar-refractivity contribution in [1.29, 1.82) is 0 Å². The number of ether oxygens (including phenoxy) is 1. The van der Waals surface area contributed by atoms with Gasteiger partial charge in [-0.05, 0) is 31.4 Å². The Bertz CT molecular complexity index is 448. The first kappa shape index (κ1) is 14.9. The summed E-state index contributed by atoms with van der Waals surface area (Å²) in [6.45, 7) is 3.49. The van der Waals surface area contributed by atoms with Crippen LogP contribution in [0.1, 0.15) is 44.2 Å². The van der Waals surface area contributed by atoms with Crippen LogP contribution >= 0.6 is 0 Å². The second kappa shape index (κ2) is 7.29. The van der Waals surface area contributed by atoms with Gasteiger partial charge in [0.05, 0.1) is 12.6 Å². The maximum Gasteiger partial charge on any atom is 0.220 e. The molecule has 0 saturated heterocycles. The number of fused-ring (bicyclic) bond motifs is 1. The molecule has 2 rings (SSSR count). The molecule has 2 unspecified atom stereocenters. The van der Waals surface area contributed by atoms with Crippen LogP contribution in [0.4, 0.5) is 0 Å². The molecule has 1 aliphatic heterocycles. The smallest absolute Gasteiger partial charge is 0.220 e. The number of para-hydroxylation sites is 1. The standard InChI is InChI=1S/C16H24N2O2/c1-12(8-10-17)6-7-16(19)18-14-9-11-20-15-5-3-2-4-13(14)15/h2-5,12,14H,6-11,17H2,1H3,(H,18,19). The van der Waals surface area contributed by atoms with Gasteiger partial charge in [-0.25, -0.2) is 0 Å². The highest BCUT2D eigenvalue weighted by atomic mass is 16.5. The molecule has 20 heavy (non-hydrogen) atoms. The lowest BCUT2D eigenvalue weighted by atomic mass is 9.99. The SMILES string of the molecule is CC(CCN)CCC(=O)NC1CCOc2ccccc21. The molecule has 0 aromatic heterocycles. The monoisotopic (exact) mass is 276 g/mol. The number of carbonyl (C=O) groups excluding carboxylic acids is 1. The van der Waals surface area contributed by atoms with Gasteiger partial charge in [0.25, 0.3) is 0 Å². The van der Waals surface area contributed by atoms with Crippen LogP contribution in [-0.2, 0) is 4.79 Å². The summed E-state index contributed by atoms with van der Waals surface area (Å²) in [6, 6.07) is 8.00. The van der Waals surface area contributed by atoms with Gasteiger partial charge in [0, 0.05) is 18.4 Å². The van der Waals surface area contributed by atoms with Crippen molar-refractivity contribution in [3.05, 3.63) is 29.8 Å². The van der Waals surface area contributed by atoms with Crippen LogP contribution in [-0.4, -0.2) is 19.1 Å². The van der Waals surface area contributed by atoms with Crippen molar-refractivity contribution in [2.24, 2.45) is 11.7 Å². The lowest BCUT2D eigenvalue weighted by Crippen LogP contribution is -2.32. The molecule has 1 aromatic rings. The Morgan fingerprint density at radius 2 is 2.25 bits per heavy atom. The van der Waals surface area contributed by atoms with Crippen molar-refractivity contribution in [3.63, 3.8) is 0 Å². The first-order chi connectivity index (χ1) is 9.70. The minimum absolute atomic E-state index is 0.0808. The number of nitrogens with two attached hydrogens (primary N) is 1. The van der Waals surface area contributed by atoms with Crippen LogP contribution in [0.15, 0.2) is 24.3 Å². The van der Waals surface area contributed by atoms with Gasteiger partial charge >= 0.3 is 0 Å². The minimum Gasteiger partial charge on any atom is -0.493 e. The molecule has 0 radical (unpaired) electrons. The highest BCUT2D eigenvalue weighted by Crippen LogP contribution is 2.31. The van der Waals surface area contributed by atoms with E-state index < -0.39 is 0 Å². The van der Waals surface area contributed by atoms with Crippen molar-refractivity contribution < 1.29 is 9.53 Å². The Kier molecular flexibility index (Phi) is 5.41.